The molecule has 0 heterocycles. The van der Waals surface area contributed by atoms with Crippen LogP contribution in [0.2, 0.25) is 0 Å². The molecule has 1 atom stereocenters. The van der Waals surface area contributed by atoms with Crippen molar-refractivity contribution >= 4 is 34.2 Å². The van der Waals surface area contributed by atoms with Crippen LogP contribution in [0.25, 0.3) is 0 Å². The van der Waals surface area contributed by atoms with Crippen molar-refractivity contribution in [1.82, 2.24) is 10.6 Å². The molecular weight excluding hydrogens is 284 g/mol. The zero-order valence-corrected chi connectivity index (χ0v) is 13.0. The van der Waals surface area contributed by atoms with Gasteiger partial charge in [0.2, 0.25) is 0 Å². The summed E-state index contributed by atoms with van der Waals surface area (Å²) >= 11 is 3.16. The van der Waals surface area contributed by atoms with Gasteiger partial charge in [0.15, 0.2) is 5.11 Å². The summed E-state index contributed by atoms with van der Waals surface area (Å²) in [5.74, 6) is 0.457. The van der Waals surface area contributed by atoms with E-state index in [9.17, 15) is 13.6 Å². The number of unbranched alkanes of at least 4 members (excludes halogenated alkanes) is 3. The van der Waals surface area contributed by atoms with E-state index in [-0.39, 0.29) is 11.5 Å². The minimum Gasteiger partial charge on any atom is -0.772 e. The van der Waals surface area contributed by atoms with Crippen molar-refractivity contribution in [2.75, 3.05) is 18.8 Å². The Balaban J connectivity index is 3.26. The fraction of sp³-hybridized carbons (Fsp3) is 0.833. The minimum absolute atomic E-state index is 0.222. The van der Waals surface area contributed by atoms with Gasteiger partial charge >= 0.3 is 0 Å². The van der Waals surface area contributed by atoms with Crippen molar-refractivity contribution in [3.8, 4) is 0 Å². The third kappa shape index (κ3) is 15.4. The normalized spacial score (nSPS) is 11.9. The number of carbonyl (C=O) groups is 1. The molecule has 112 valence electrons. The molecule has 0 aromatic carbocycles. The topological polar surface area (TPSA) is 81.3 Å². The molecular formula is C12H23N2O3S2-. The summed E-state index contributed by atoms with van der Waals surface area (Å²) in [7, 11) is 0. The molecule has 0 aliphatic rings. The molecule has 0 aliphatic heterocycles. The van der Waals surface area contributed by atoms with Gasteiger partial charge in [-0.2, -0.15) is 0 Å². The number of thiocarbonyl (C=S) groups is 1. The van der Waals surface area contributed by atoms with E-state index >= 15 is 0 Å². The van der Waals surface area contributed by atoms with Crippen LogP contribution in [0.4, 0.5) is 0 Å². The Morgan fingerprint density at radius 1 is 1.11 bits per heavy atom. The fourth-order valence-electron chi connectivity index (χ4n) is 1.49. The average molecular weight is 307 g/mol. The van der Waals surface area contributed by atoms with Gasteiger partial charge in [0, 0.05) is 25.3 Å². The van der Waals surface area contributed by atoms with Crippen LogP contribution < -0.4 is 10.6 Å². The Morgan fingerprint density at radius 3 is 2.21 bits per heavy atom. The molecule has 0 bridgehead atoms. The molecule has 5 nitrogen and oxygen atoms in total. The Morgan fingerprint density at radius 2 is 1.68 bits per heavy atom. The molecule has 0 fully saturated rings. The van der Waals surface area contributed by atoms with Gasteiger partial charge in [0.1, 0.15) is 5.78 Å². The summed E-state index contributed by atoms with van der Waals surface area (Å²) in [5.41, 5.74) is 0. The first-order valence-corrected chi connectivity index (χ1v) is 8.24. The van der Waals surface area contributed by atoms with Gasteiger partial charge in [-0.3, -0.25) is 4.21 Å². The molecule has 0 aliphatic carbocycles. The van der Waals surface area contributed by atoms with Crippen molar-refractivity contribution in [3.63, 3.8) is 0 Å². The van der Waals surface area contributed by atoms with Crippen molar-refractivity contribution in [3.05, 3.63) is 0 Å². The molecule has 0 saturated carbocycles. The highest BCUT2D eigenvalue weighted by atomic mass is 32.2. The van der Waals surface area contributed by atoms with Crippen LogP contribution in [-0.4, -0.2) is 38.5 Å². The zero-order chi connectivity index (χ0) is 14.5. The van der Waals surface area contributed by atoms with E-state index in [1.807, 2.05) is 0 Å². The predicted molar refractivity (Wildman–Crippen MR) is 80.8 cm³/mol. The molecule has 0 aromatic rings. The molecule has 1 unspecified atom stereocenters. The Labute approximate surface area is 123 Å². The van der Waals surface area contributed by atoms with Gasteiger partial charge in [-0.15, -0.1) is 0 Å². The first-order valence-electron chi connectivity index (χ1n) is 6.59. The Hall–Kier alpha value is -0.530. The van der Waals surface area contributed by atoms with E-state index in [0.29, 0.717) is 18.0 Å². The van der Waals surface area contributed by atoms with E-state index < -0.39 is 11.1 Å². The highest BCUT2D eigenvalue weighted by Gasteiger charge is 1.96. The monoisotopic (exact) mass is 307 g/mol. The van der Waals surface area contributed by atoms with Gasteiger partial charge in [-0.25, -0.2) is 0 Å². The summed E-state index contributed by atoms with van der Waals surface area (Å²) in [4.78, 5) is 10.7. The number of Topliss-reactive ketones (excluding diaryl/α,β-unsaturated/α-hetero) is 1. The van der Waals surface area contributed by atoms with E-state index in [1.54, 1.807) is 6.92 Å². The molecule has 19 heavy (non-hydrogen) atoms. The van der Waals surface area contributed by atoms with E-state index in [0.717, 1.165) is 38.8 Å². The molecule has 7 heteroatoms. The molecule has 0 saturated heterocycles. The Kier molecular flexibility index (Phi) is 12.2. The van der Waals surface area contributed by atoms with Crippen LogP contribution in [-0.2, 0) is 15.9 Å². The lowest BCUT2D eigenvalue weighted by atomic mass is 10.2. The minimum atomic E-state index is -1.92. The first kappa shape index (κ1) is 18.5. The third-order valence-corrected chi connectivity index (χ3v) is 3.43. The number of carbonyl (C=O) groups excluding carboxylic acids is 1. The second-order valence-electron chi connectivity index (χ2n) is 4.41. The summed E-state index contributed by atoms with van der Waals surface area (Å²) in [6.07, 6.45) is 4.92. The maximum atomic E-state index is 10.7. The number of rotatable bonds is 11. The van der Waals surface area contributed by atoms with Gasteiger partial charge in [-0.1, -0.05) is 17.5 Å². The highest BCUT2D eigenvalue weighted by Crippen LogP contribution is 1.96. The maximum Gasteiger partial charge on any atom is 0.166 e. The summed E-state index contributed by atoms with van der Waals surface area (Å²) in [6, 6.07) is 0. The van der Waals surface area contributed by atoms with E-state index in [1.165, 1.54) is 0 Å². The fourth-order valence-corrected chi connectivity index (χ4v) is 2.13. The van der Waals surface area contributed by atoms with Crippen LogP contribution in [0, 0.1) is 0 Å². The number of hydrogen-bond acceptors (Lipinski definition) is 4. The zero-order valence-electron chi connectivity index (χ0n) is 11.4. The lowest BCUT2D eigenvalue weighted by molar-refractivity contribution is -0.117. The molecule has 0 amide bonds. The largest absolute Gasteiger partial charge is 0.772 e. The van der Waals surface area contributed by atoms with Crippen molar-refractivity contribution in [1.29, 1.82) is 0 Å². The second kappa shape index (κ2) is 12.5. The van der Waals surface area contributed by atoms with Crippen LogP contribution in [0.1, 0.15) is 45.4 Å². The van der Waals surface area contributed by atoms with Crippen LogP contribution in [0.15, 0.2) is 0 Å². The third-order valence-electron chi connectivity index (χ3n) is 2.51. The van der Waals surface area contributed by atoms with Gasteiger partial charge < -0.3 is 20.0 Å². The van der Waals surface area contributed by atoms with Crippen LogP contribution in [0.5, 0.6) is 0 Å². The van der Waals surface area contributed by atoms with Gasteiger partial charge in [-0.05, 0) is 44.8 Å². The van der Waals surface area contributed by atoms with E-state index in [4.69, 9.17) is 12.2 Å². The first-order chi connectivity index (χ1) is 9.02. The van der Waals surface area contributed by atoms with Crippen LogP contribution >= 0.6 is 12.2 Å². The quantitative estimate of drug-likeness (QED) is 0.340. The summed E-state index contributed by atoms with van der Waals surface area (Å²) in [6.45, 7) is 3.13. The molecule has 0 radical (unpaired) electrons. The highest BCUT2D eigenvalue weighted by molar-refractivity contribution is 7.80. The van der Waals surface area contributed by atoms with Gasteiger partial charge in [0.25, 0.3) is 0 Å². The van der Waals surface area contributed by atoms with Gasteiger partial charge in [0.05, 0.1) is 0 Å². The van der Waals surface area contributed by atoms with Crippen LogP contribution in [0.3, 0.4) is 0 Å². The van der Waals surface area contributed by atoms with E-state index in [2.05, 4.69) is 10.6 Å². The van der Waals surface area contributed by atoms with Crippen molar-refractivity contribution in [2.45, 2.75) is 45.4 Å². The predicted octanol–water partition coefficient (Wildman–Crippen LogP) is 1.26. The van der Waals surface area contributed by atoms with Crippen molar-refractivity contribution in [2.24, 2.45) is 0 Å². The number of nitrogens with one attached hydrogen (secondary N) is 2. The number of ketones is 1. The SMILES string of the molecule is CC(=O)CCCCNC(=S)NCCCCCS(=O)[O-]. The lowest BCUT2D eigenvalue weighted by Gasteiger charge is -2.10. The summed E-state index contributed by atoms with van der Waals surface area (Å²) in [5, 5.41) is 6.77. The lowest BCUT2D eigenvalue weighted by Crippen LogP contribution is -2.36. The molecule has 2 N–H and O–H groups in total. The molecule has 0 rings (SSSR count). The standard InChI is InChI=1S/C12H24N2O3S2/c1-11(15)7-3-5-9-14-12(18)13-8-4-2-6-10-19(16)17/h2-10H2,1H3,(H,16,17)(H2,13,14,18)/p-1. The van der Waals surface area contributed by atoms with Crippen molar-refractivity contribution < 1.29 is 13.6 Å². The average Bonchev–Trinajstić information content (AvgIpc) is 2.32. The molecule has 0 aromatic heterocycles. The maximum absolute atomic E-state index is 10.7. The summed E-state index contributed by atoms with van der Waals surface area (Å²) < 4.78 is 20.6. The molecule has 0 spiro atoms. The second-order valence-corrected chi connectivity index (χ2v) is 5.83. The smallest absolute Gasteiger partial charge is 0.166 e. The Bertz CT molecular complexity index is 299. The number of hydrogen-bond donors (Lipinski definition) is 2.